The van der Waals surface area contributed by atoms with Crippen LogP contribution < -0.4 is 0 Å². The molecule has 0 radical (unpaired) electrons. The highest BCUT2D eigenvalue weighted by atomic mass is 16.3. The molecule has 0 aliphatic carbocycles. The highest BCUT2D eigenvalue weighted by Gasteiger charge is 2.34. The van der Waals surface area contributed by atoms with Gasteiger partial charge in [0.25, 0.3) is 5.91 Å². The molecule has 1 saturated heterocycles. The van der Waals surface area contributed by atoms with Crippen LogP contribution in [0.1, 0.15) is 35.7 Å². The molecule has 1 aliphatic heterocycles. The zero-order valence-corrected chi connectivity index (χ0v) is 11.5. The molecule has 1 atom stereocenters. The summed E-state index contributed by atoms with van der Waals surface area (Å²) in [6.07, 6.45) is 4.07. The van der Waals surface area contributed by atoms with Crippen LogP contribution in [-0.2, 0) is 0 Å². The van der Waals surface area contributed by atoms with Crippen LogP contribution in [0.5, 0.6) is 0 Å². The van der Waals surface area contributed by atoms with Crippen molar-refractivity contribution >= 4 is 5.91 Å². The fourth-order valence-electron chi connectivity index (χ4n) is 2.15. The molecule has 2 rings (SSSR count). The van der Waals surface area contributed by atoms with E-state index in [2.05, 4.69) is 16.8 Å². The number of hydrogen-bond acceptors (Lipinski definition) is 4. The first-order valence-electron chi connectivity index (χ1n) is 6.58. The molecule has 2 heterocycles. The number of aliphatic hydroxyl groups excluding tert-OH is 1. The lowest BCUT2D eigenvalue weighted by Gasteiger charge is -2.18. The minimum absolute atomic E-state index is 0.0158. The van der Waals surface area contributed by atoms with Crippen LogP contribution >= 0.6 is 0 Å². The van der Waals surface area contributed by atoms with Gasteiger partial charge in [-0.05, 0) is 19.4 Å². The Morgan fingerprint density at radius 3 is 3.00 bits per heavy atom. The van der Waals surface area contributed by atoms with Crippen LogP contribution in [0.2, 0.25) is 0 Å². The summed E-state index contributed by atoms with van der Waals surface area (Å²) >= 11 is 0. The first-order valence-corrected chi connectivity index (χ1v) is 6.58. The molecular formula is C15H18N2O3. The number of nitrogens with zero attached hydrogens (tertiary/aromatic N) is 2. The molecule has 20 heavy (non-hydrogen) atoms. The summed E-state index contributed by atoms with van der Waals surface area (Å²) in [5, 5.41) is 18.6. The lowest BCUT2D eigenvalue weighted by molar-refractivity contribution is 0.0572. The first kappa shape index (κ1) is 14.5. The number of likely N-dealkylation sites (tertiary alicyclic amines) is 1. The molecule has 1 fully saturated rings. The van der Waals surface area contributed by atoms with Crippen molar-refractivity contribution in [1.29, 1.82) is 0 Å². The van der Waals surface area contributed by atoms with Gasteiger partial charge in [0.05, 0.1) is 17.8 Å². The molecule has 0 saturated carbocycles. The third-order valence-corrected chi connectivity index (χ3v) is 3.19. The van der Waals surface area contributed by atoms with E-state index >= 15 is 0 Å². The average molecular weight is 274 g/mol. The van der Waals surface area contributed by atoms with Crippen molar-refractivity contribution in [3.8, 4) is 11.8 Å². The summed E-state index contributed by atoms with van der Waals surface area (Å²) in [6, 6.07) is 1.69. The predicted molar refractivity (Wildman–Crippen MR) is 74.0 cm³/mol. The summed E-state index contributed by atoms with van der Waals surface area (Å²) in [5.74, 6) is 5.51. The Bertz CT molecular complexity index is 558. The molecule has 0 bridgehead atoms. The van der Waals surface area contributed by atoms with Crippen molar-refractivity contribution in [2.45, 2.75) is 25.4 Å². The maximum Gasteiger partial charge on any atom is 0.255 e. The van der Waals surface area contributed by atoms with E-state index in [1.165, 1.54) is 6.20 Å². The molecule has 1 unspecified atom stereocenters. The van der Waals surface area contributed by atoms with E-state index in [1.54, 1.807) is 24.1 Å². The number of β-amino-alcohol motifs (C(OH)–C–C–N with tert-alkyl or cyclic N) is 1. The largest absolute Gasteiger partial charge is 0.395 e. The van der Waals surface area contributed by atoms with Gasteiger partial charge in [0.15, 0.2) is 0 Å². The molecule has 0 spiro atoms. The number of carbonyl (C=O) groups is 1. The van der Waals surface area contributed by atoms with Crippen molar-refractivity contribution in [2.75, 3.05) is 19.7 Å². The summed E-state index contributed by atoms with van der Waals surface area (Å²) < 4.78 is 0. The van der Waals surface area contributed by atoms with E-state index in [1.807, 2.05) is 0 Å². The Morgan fingerprint density at radius 2 is 2.35 bits per heavy atom. The number of rotatable bonds is 2. The normalized spacial score (nSPS) is 21.4. The molecule has 106 valence electrons. The van der Waals surface area contributed by atoms with Crippen molar-refractivity contribution in [3.63, 3.8) is 0 Å². The zero-order chi connectivity index (χ0) is 14.6. The molecule has 1 aromatic heterocycles. The number of hydrogen-bond donors (Lipinski definition) is 2. The summed E-state index contributed by atoms with van der Waals surface area (Å²) in [5.41, 5.74) is 0.315. The topological polar surface area (TPSA) is 73.7 Å². The van der Waals surface area contributed by atoms with Crippen LogP contribution in [0.25, 0.3) is 0 Å². The van der Waals surface area contributed by atoms with Gasteiger partial charge in [-0.3, -0.25) is 9.78 Å². The fraction of sp³-hybridized carbons (Fsp3) is 0.467. The lowest BCUT2D eigenvalue weighted by atomic mass is 10.1. The van der Waals surface area contributed by atoms with Gasteiger partial charge < -0.3 is 15.1 Å². The molecule has 0 aromatic carbocycles. The molecular weight excluding hydrogens is 256 g/mol. The van der Waals surface area contributed by atoms with Crippen LogP contribution in [0, 0.1) is 11.8 Å². The second-order valence-electron chi connectivity index (χ2n) is 5.21. The maximum absolute atomic E-state index is 12.3. The molecule has 1 amide bonds. The Kier molecular flexibility index (Phi) is 4.38. The fourth-order valence-corrected chi connectivity index (χ4v) is 2.15. The third kappa shape index (κ3) is 3.56. The van der Waals surface area contributed by atoms with Gasteiger partial charge in [-0.25, -0.2) is 0 Å². The molecule has 1 aromatic rings. The first-order chi connectivity index (χ1) is 9.52. The number of aliphatic hydroxyl groups is 2. The Balaban J connectivity index is 2.11. The van der Waals surface area contributed by atoms with Crippen LogP contribution in [0.15, 0.2) is 18.5 Å². The number of carbonyl (C=O) groups excluding carboxylic acids is 1. The molecule has 5 nitrogen and oxygen atoms in total. The van der Waals surface area contributed by atoms with Gasteiger partial charge in [0.2, 0.25) is 0 Å². The Hall–Kier alpha value is -1.90. The van der Waals surface area contributed by atoms with Crippen molar-refractivity contribution in [1.82, 2.24) is 9.88 Å². The Labute approximate surface area is 118 Å². The lowest BCUT2D eigenvalue weighted by Crippen LogP contribution is -2.33. The highest BCUT2D eigenvalue weighted by Crippen LogP contribution is 2.22. The van der Waals surface area contributed by atoms with Crippen LogP contribution in [0.4, 0.5) is 0 Å². The van der Waals surface area contributed by atoms with E-state index in [4.69, 9.17) is 5.11 Å². The summed E-state index contributed by atoms with van der Waals surface area (Å²) in [7, 11) is 0. The minimum Gasteiger partial charge on any atom is -0.395 e. The van der Waals surface area contributed by atoms with Crippen molar-refractivity contribution in [3.05, 3.63) is 29.6 Å². The molecule has 5 heteroatoms. The van der Waals surface area contributed by atoms with Crippen LogP contribution in [0.3, 0.4) is 0 Å². The highest BCUT2D eigenvalue weighted by molar-refractivity contribution is 5.94. The average Bonchev–Trinajstić information content (AvgIpc) is 2.79. The SMILES string of the molecule is CC1(O)CCN(C(=O)c2cncc(C#CCCO)c2)C1. The predicted octanol–water partition coefficient (Wildman–Crippen LogP) is 0.412. The van der Waals surface area contributed by atoms with Gasteiger partial charge in [0.1, 0.15) is 0 Å². The molecule has 1 aliphatic rings. The van der Waals surface area contributed by atoms with Gasteiger partial charge in [-0.15, -0.1) is 0 Å². The van der Waals surface area contributed by atoms with Crippen molar-refractivity contribution < 1.29 is 15.0 Å². The minimum atomic E-state index is -0.804. The van der Waals surface area contributed by atoms with E-state index in [9.17, 15) is 9.90 Å². The number of amides is 1. The maximum atomic E-state index is 12.3. The molecule has 2 N–H and O–H groups in total. The number of pyridine rings is 1. The van der Waals surface area contributed by atoms with Crippen LogP contribution in [-0.4, -0.2) is 51.3 Å². The smallest absolute Gasteiger partial charge is 0.255 e. The summed E-state index contributed by atoms with van der Waals surface area (Å²) in [6.45, 7) is 2.63. The monoisotopic (exact) mass is 274 g/mol. The zero-order valence-electron chi connectivity index (χ0n) is 11.5. The second-order valence-corrected chi connectivity index (χ2v) is 5.21. The number of aromatic nitrogens is 1. The van der Waals surface area contributed by atoms with Gasteiger partial charge in [-0.2, -0.15) is 0 Å². The third-order valence-electron chi connectivity index (χ3n) is 3.19. The summed E-state index contributed by atoms with van der Waals surface area (Å²) in [4.78, 5) is 17.9. The van der Waals surface area contributed by atoms with E-state index in [0.29, 0.717) is 37.1 Å². The van der Waals surface area contributed by atoms with E-state index < -0.39 is 5.60 Å². The standard InChI is InChI=1S/C15H18N2O3/c1-15(20)5-6-17(11-15)14(19)13-8-12(9-16-10-13)4-2-3-7-18/h8-10,18,20H,3,5-7,11H2,1H3. The van der Waals surface area contributed by atoms with E-state index in [0.717, 1.165) is 0 Å². The quantitative estimate of drug-likeness (QED) is 0.766. The van der Waals surface area contributed by atoms with Crippen molar-refractivity contribution in [2.24, 2.45) is 0 Å². The van der Waals surface area contributed by atoms with E-state index in [-0.39, 0.29) is 12.5 Å². The second kappa shape index (κ2) is 6.04. The van der Waals surface area contributed by atoms with Gasteiger partial charge in [-0.1, -0.05) is 11.8 Å². The Morgan fingerprint density at radius 1 is 1.55 bits per heavy atom. The van der Waals surface area contributed by atoms with Gasteiger partial charge in [0, 0.05) is 37.5 Å². The van der Waals surface area contributed by atoms with Gasteiger partial charge >= 0.3 is 0 Å².